The fraction of sp³-hybridized carbons (Fsp3) is 0.350. The third-order valence-corrected chi connectivity index (χ3v) is 3.95. The molecule has 2 heteroatoms. The Morgan fingerprint density at radius 2 is 1.86 bits per heavy atom. The zero-order valence-electron chi connectivity index (χ0n) is 13.4. The number of hydrogen-bond donors (Lipinski definition) is 1. The molecule has 1 N–H and O–H groups in total. The molecule has 1 unspecified atom stereocenters. The number of unbranched alkanes of at least 4 members (excludes halogenated alkanes) is 2. The van der Waals surface area contributed by atoms with Crippen LogP contribution in [0, 0.1) is 0 Å². The Morgan fingerprint density at radius 1 is 1.14 bits per heavy atom. The van der Waals surface area contributed by atoms with Gasteiger partial charge < -0.3 is 5.11 Å². The van der Waals surface area contributed by atoms with E-state index in [1.165, 1.54) is 0 Å². The summed E-state index contributed by atoms with van der Waals surface area (Å²) in [5.74, 6) is 0.0248. The van der Waals surface area contributed by atoms with E-state index in [2.05, 4.69) is 6.92 Å². The Morgan fingerprint density at radius 3 is 2.55 bits per heavy atom. The summed E-state index contributed by atoms with van der Waals surface area (Å²) in [4.78, 5) is 12.2. The first kappa shape index (κ1) is 16.4. The van der Waals surface area contributed by atoms with Crippen molar-refractivity contribution in [3.05, 3.63) is 59.7 Å². The molecule has 0 saturated heterocycles. The van der Waals surface area contributed by atoms with Gasteiger partial charge in [-0.3, -0.25) is 4.79 Å². The molecular formula is C20H24O2. The van der Waals surface area contributed by atoms with Crippen LogP contribution in [0.3, 0.4) is 0 Å². The summed E-state index contributed by atoms with van der Waals surface area (Å²) in [6.07, 6.45) is 4.44. The van der Waals surface area contributed by atoms with Gasteiger partial charge >= 0.3 is 0 Å². The second kappa shape index (κ2) is 7.90. The van der Waals surface area contributed by atoms with Crippen molar-refractivity contribution in [2.75, 3.05) is 0 Å². The summed E-state index contributed by atoms with van der Waals surface area (Å²) in [6.45, 7) is 3.96. The van der Waals surface area contributed by atoms with Gasteiger partial charge in [-0.2, -0.15) is 0 Å². The SMILES string of the molecule is CCCCC=C(C(=O)CC)C(O)c1ccc2ccccc2c1. The molecule has 0 spiro atoms. The minimum absolute atomic E-state index is 0.0248. The zero-order chi connectivity index (χ0) is 15.9. The van der Waals surface area contributed by atoms with Gasteiger partial charge in [-0.1, -0.05) is 69.2 Å². The molecule has 0 aromatic heterocycles. The van der Waals surface area contributed by atoms with E-state index in [1.54, 1.807) is 0 Å². The highest BCUT2D eigenvalue weighted by molar-refractivity contribution is 5.96. The van der Waals surface area contributed by atoms with Crippen LogP contribution < -0.4 is 0 Å². The van der Waals surface area contributed by atoms with Gasteiger partial charge in [-0.05, 0) is 28.8 Å². The van der Waals surface area contributed by atoms with Crippen molar-refractivity contribution < 1.29 is 9.90 Å². The Balaban J connectivity index is 2.33. The highest BCUT2D eigenvalue weighted by Gasteiger charge is 2.19. The van der Waals surface area contributed by atoms with Gasteiger partial charge in [0.25, 0.3) is 0 Å². The molecule has 0 saturated carbocycles. The monoisotopic (exact) mass is 296 g/mol. The van der Waals surface area contributed by atoms with Crippen LogP contribution in [0.2, 0.25) is 0 Å². The highest BCUT2D eigenvalue weighted by atomic mass is 16.3. The van der Waals surface area contributed by atoms with Gasteiger partial charge in [0.1, 0.15) is 6.10 Å². The maximum absolute atomic E-state index is 12.2. The summed E-state index contributed by atoms with van der Waals surface area (Å²) in [5, 5.41) is 12.9. The molecule has 0 fully saturated rings. The normalized spacial score (nSPS) is 13.3. The van der Waals surface area contributed by atoms with Crippen LogP contribution in [0.15, 0.2) is 54.1 Å². The van der Waals surface area contributed by atoms with Crippen LogP contribution in [0.4, 0.5) is 0 Å². The largest absolute Gasteiger partial charge is 0.384 e. The van der Waals surface area contributed by atoms with Crippen molar-refractivity contribution in [1.29, 1.82) is 0 Å². The second-order valence-electron chi connectivity index (χ2n) is 5.59. The van der Waals surface area contributed by atoms with E-state index in [4.69, 9.17) is 0 Å². The number of Topliss-reactive ketones (excluding diaryl/α,β-unsaturated/α-hetero) is 1. The van der Waals surface area contributed by atoms with Crippen LogP contribution >= 0.6 is 0 Å². The molecular weight excluding hydrogens is 272 g/mol. The van der Waals surface area contributed by atoms with Crippen LogP contribution in [0.1, 0.15) is 51.2 Å². The molecule has 0 radical (unpaired) electrons. The fourth-order valence-electron chi connectivity index (χ4n) is 2.60. The first-order valence-electron chi connectivity index (χ1n) is 8.07. The van der Waals surface area contributed by atoms with E-state index in [1.807, 2.05) is 55.5 Å². The molecule has 0 bridgehead atoms. The minimum Gasteiger partial charge on any atom is -0.384 e. The van der Waals surface area contributed by atoms with Crippen LogP contribution in [-0.4, -0.2) is 10.9 Å². The zero-order valence-corrected chi connectivity index (χ0v) is 13.4. The van der Waals surface area contributed by atoms with Gasteiger partial charge in [0.2, 0.25) is 0 Å². The first-order valence-corrected chi connectivity index (χ1v) is 8.07. The average Bonchev–Trinajstić information content (AvgIpc) is 2.57. The minimum atomic E-state index is -0.839. The Bertz CT molecular complexity index is 670. The summed E-state index contributed by atoms with van der Waals surface area (Å²) in [5.41, 5.74) is 1.31. The summed E-state index contributed by atoms with van der Waals surface area (Å²) < 4.78 is 0. The van der Waals surface area contributed by atoms with Crippen molar-refractivity contribution in [3.63, 3.8) is 0 Å². The number of ketones is 1. The van der Waals surface area contributed by atoms with Gasteiger partial charge in [0.05, 0.1) is 0 Å². The third-order valence-electron chi connectivity index (χ3n) is 3.95. The van der Waals surface area contributed by atoms with E-state index in [0.717, 1.165) is 35.6 Å². The topological polar surface area (TPSA) is 37.3 Å². The quantitative estimate of drug-likeness (QED) is 0.578. The summed E-state index contributed by atoms with van der Waals surface area (Å²) in [6, 6.07) is 13.9. The van der Waals surface area contributed by atoms with Gasteiger partial charge in [-0.15, -0.1) is 0 Å². The van der Waals surface area contributed by atoms with Crippen molar-refractivity contribution >= 4 is 16.6 Å². The summed E-state index contributed by atoms with van der Waals surface area (Å²) in [7, 11) is 0. The molecule has 2 nitrogen and oxygen atoms in total. The Hall–Kier alpha value is -1.93. The maximum Gasteiger partial charge on any atom is 0.161 e. The number of hydrogen-bond acceptors (Lipinski definition) is 2. The van der Waals surface area contributed by atoms with Gasteiger partial charge in [0.15, 0.2) is 5.78 Å². The van der Waals surface area contributed by atoms with Crippen molar-refractivity contribution in [2.45, 2.75) is 45.6 Å². The Labute approximate surface area is 132 Å². The number of aliphatic hydroxyl groups excluding tert-OH is 1. The van der Waals surface area contributed by atoms with E-state index in [-0.39, 0.29) is 5.78 Å². The predicted octanol–water partition coefficient (Wildman–Crippen LogP) is 4.97. The number of fused-ring (bicyclic) bond motifs is 1. The van der Waals surface area contributed by atoms with E-state index >= 15 is 0 Å². The number of carbonyl (C=O) groups is 1. The number of aliphatic hydroxyl groups is 1. The fourth-order valence-corrected chi connectivity index (χ4v) is 2.60. The molecule has 2 aromatic rings. The average molecular weight is 296 g/mol. The lowest BCUT2D eigenvalue weighted by atomic mass is 9.94. The lowest BCUT2D eigenvalue weighted by Crippen LogP contribution is -2.11. The molecule has 0 amide bonds. The molecule has 2 aromatic carbocycles. The third kappa shape index (κ3) is 3.83. The number of carbonyl (C=O) groups excluding carboxylic acids is 1. The molecule has 0 aliphatic heterocycles. The lowest BCUT2D eigenvalue weighted by molar-refractivity contribution is -0.116. The molecule has 0 aliphatic rings. The lowest BCUT2D eigenvalue weighted by Gasteiger charge is -2.15. The van der Waals surface area contributed by atoms with Crippen molar-refractivity contribution in [2.24, 2.45) is 0 Å². The van der Waals surface area contributed by atoms with Crippen molar-refractivity contribution in [1.82, 2.24) is 0 Å². The van der Waals surface area contributed by atoms with Crippen LogP contribution in [-0.2, 0) is 4.79 Å². The molecule has 0 heterocycles. The maximum atomic E-state index is 12.2. The molecule has 1 atom stereocenters. The van der Waals surface area contributed by atoms with Gasteiger partial charge in [-0.25, -0.2) is 0 Å². The predicted molar refractivity (Wildman–Crippen MR) is 91.8 cm³/mol. The molecule has 2 rings (SSSR count). The van der Waals surface area contributed by atoms with E-state index < -0.39 is 6.10 Å². The smallest absolute Gasteiger partial charge is 0.161 e. The first-order chi connectivity index (χ1) is 10.7. The standard InChI is InChI=1S/C20H24O2/c1-3-5-6-11-18(19(21)4-2)20(22)17-13-12-15-9-7-8-10-16(15)14-17/h7-14,20,22H,3-6H2,1-2H3. The van der Waals surface area contributed by atoms with E-state index in [9.17, 15) is 9.90 Å². The molecule has 22 heavy (non-hydrogen) atoms. The highest BCUT2D eigenvalue weighted by Crippen LogP contribution is 2.27. The van der Waals surface area contributed by atoms with E-state index in [0.29, 0.717) is 12.0 Å². The Kier molecular flexibility index (Phi) is 5.91. The number of benzene rings is 2. The molecule has 0 aliphatic carbocycles. The van der Waals surface area contributed by atoms with Crippen LogP contribution in [0.25, 0.3) is 10.8 Å². The van der Waals surface area contributed by atoms with Crippen molar-refractivity contribution in [3.8, 4) is 0 Å². The number of rotatable bonds is 7. The van der Waals surface area contributed by atoms with Gasteiger partial charge in [0, 0.05) is 12.0 Å². The summed E-state index contributed by atoms with van der Waals surface area (Å²) >= 11 is 0. The molecule has 116 valence electrons. The van der Waals surface area contributed by atoms with Crippen LogP contribution in [0.5, 0.6) is 0 Å². The second-order valence-corrected chi connectivity index (χ2v) is 5.59. The number of allylic oxidation sites excluding steroid dienone is 1.